The first kappa shape index (κ1) is 19.4. The Labute approximate surface area is 131 Å². The molecule has 1 saturated heterocycles. The molecule has 5 nitrogen and oxygen atoms in total. The molecule has 120 valence electrons. The lowest BCUT2D eigenvalue weighted by Gasteiger charge is -2.28. The Morgan fingerprint density at radius 2 is 1.86 bits per heavy atom. The highest BCUT2D eigenvalue weighted by molar-refractivity contribution is 7.99. The number of rotatable bonds is 1. The molecule has 1 amide bonds. The topological polar surface area (TPSA) is 101 Å². The third-order valence-electron chi connectivity index (χ3n) is 3.15. The van der Waals surface area contributed by atoms with Gasteiger partial charge in [0.15, 0.2) is 0 Å². The summed E-state index contributed by atoms with van der Waals surface area (Å²) in [6.45, 7) is 4.74. The molecule has 0 radical (unpaired) electrons. The number of nitrogens with one attached hydrogen (secondary N) is 1. The average Bonchev–Trinajstić information content (AvgIpc) is 2.43. The van der Waals surface area contributed by atoms with Crippen molar-refractivity contribution in [3.05, 3.63) is 18.2 Å². The summed E-state index contributed by atoms with van der Waals surface area (Å²) < 4.78 is 0. The van der Waals surface area contributed by atoms with E-state index >= 15 is 0 Å². The van der Waals surface area contributed by atoms with Crippen molar-refractivity contribution in [3.8, 4) is 5.75 Å². The van der Waals surface area contributed by atoms with Gasteiger partial charge < -0.3 is 21.9 Å². The van der Waals surface area contributed by atoms with Crippen LogP contribution in [0.2, 0.25) is 0 Å². The van der Waals surface area contributed by atoms with Gasteiger partial charge in [0, 0.05) is 13.1 Å². The normalized spacial score (nSPS) is 15.6. The van der Waals surface area contributed by atoms with Crippen LogP contribution in [0.3, 0.4) is 0 Å². The minimum atomic E-state index is 0.221. The number of hydrogen-bond acceptors (Lipinski definition) is 5. The summed E-state index contributed by atoms with van der Waals surface area (Å²) in [5.41, 5.74) is 11.7. The smallest absolute Gasteiger partial charge is 0.204 e. The van der Waals surface area contributed by atoms with Gasteiger partial charge in [0.1, 0.15) is 5.75 Å². The van der Waals surface area contributed by atoms with Crippen LogP contribution in [0.1, 0.15) is 26.7 Å². The fourth-order valence-corrected chi connectivity index (χ4v) is 3.28. The number of phenols is 1. The van der Waals surface area contributed by atoms with Gasteiger partial charge in [-0.15, -0.1) is 0 Å². The van der Waals surface area contributed by atoms with E-state index in [9.17, 15) is 0 Å². The van der Waals surface area contributed by atoms with Crippen LogP contribution in [0.15, 0.2) is 18.2 Å². The van der Waals surface area contributed by atoms with Crippen molar-refractivity contribution in [1.82, 2.24) is 0 Å². The first-order chi connectivity index (χ1) is 9.86. The number of aromatic hydroxyl groups is 1. The zero-order valence-electron chi connectivity index (χ0n) is 13.1. The fraction of sp³-hybridized carbons (Fsp3) is 0.533. The molecule has 0 unspecified atom stereocenters. The van der Waals surface area contributed by atoms with E-state index in [0.29, 0.717) is 11.1 Å². The van der Waals surface area contributed by atoms with E-state index in [-0.39, 0.29) is 12.2 Å². The van der Waals surface area contributed by atoms with Crippen LogP contribution < -0.4 is 16.8 Å². The second-order valence-electron chi connectivity index (χ2n) is 5.43. The van der Waals surface area contributed by atoms with Crippen molar-refractivity contribution in [3.63, 3.8) is 0 Å². The number of carbonyl (C=O) groups excluding carboxylic acids is 1. The zero-order chi connectivity index (χ0) is 16.3. The highest BCUT2D eigenvalue weighted by Crippen LogP contribution is 2.33. The Balaban J connectivity index is 0.000000327. The number of nitrogens with two attached hydrogens (primary N) is 2. The number of thioether (sulfide) groups is 1. The average molecular weight is 313 g/mol. The summed E-state index contributed by atoms with van der Waals surface area (Å²) in [5.74, 6) is 2.98. The molecule has 0 saturated carbocycles. The zero-order valence-corrected chi connectivity index (χ0v) is 13.9. The van der Waals surface area contributed by atoms with E-state index < -0.39 is 0 Å². The monoisotopic (exact) mass is 313 g/mol. The molecule has 1 aliphatic heterocycles. The second-order valence-corrected chi connectivity index (χ2v) is 6.66. The summed E-state index contributed by atoms with van der Waals surface area (Å²) in [5, 5.41) is 11.8. The molecule has 0 aromatic heterocycles. The molecule has 0 atom stereocenters. The van der Waals surface area contributed by atoms with Gasteiger partial charge in [-0.1, -0.05) is 13.8 Å². The Hall–Kier alpha value is -1.56. The number of anilines is 2. The van der Waals surface area contributed by atoms with Crippen molar-refractivity contribution < 1.29 is 9.90 Å². The molecule has 1 heterocycles. The standard InChI is InChI=1S/C7H10N2O.C7H14S.CH3NO/c1-9-7-4-5(10)2-3-6(7)8;1-7(2)3-5-8-6-4-7;2-1-3/h2-4,9-10H,8H2,1H3;3-6H2,1-2H3;1H,(H2,2,3). The van der Waals surface area contributed by atoms with Gasteiger partial charge in [-0.25, -0.2) is 0 Å². The van der Waals surface area contributed by atoms with Gasteiger partial charge in [0.25, 0.3) is 0 Å². The largest absolute Gasteiger partial charge is 0.508 e. The second kappa shape index (κ2) is 10.2. The van der Waals surface area contributed by atoms with Crippen molar-refractivity contribution in [1.29, 1.82) is 0 Å². The molecular weight excluding hydrogens is 286 g/mol. The molecule has 1 aromatic rings. The van der Waals surface area contributed by atoms with E-state index in [1.54, 1.807) is 25.2 Å². The van der Waals surface area contributed by atoms with Crippen molar-refractivity contribution >= 4 is 29.5 Å². The number of nitrogen functional groups attached to an aromatic ring is 1. The Bertz CT molecular complexity index is 417. The maximum atomic E-state index is 8.97. The number of carbonyl (C=O) groups is 1. The minimum Gasteiger partial charge on any atom is -0.508 e. The fourth-order valence-electron chi connectivity index (χ4n) is 1.68. The Kier molecular flexibility index (Phi) is 9.45. The lowest BCUT2D eigenvalue weighted by molar-refractivity contribution is -0.106. The van der Waals surface area contributed by atoms with Crippen molar-refractivity contribution in [2.24, 2.45) is 11.1 Å². The van der Waals surface area contributed by atoms with Gasteiger partial charge in [-0.3, -0.25) is 4.79 Å². The Morgan fingerprint density at radius 3 is 2.19 bits per heavy atom. The summed E-state index contributed by atoms with van der Waals surface area (Å²) in [6.07, 6.45) is 3.08. The van der Waals surface area contributed by atoms with E-state index in [0.717, 1.165) is 5.69 Å². The van der Waals surface area contributed by atoms with Gasteiger partial charge in [-0.05, 0) is 41.9 Å². The summed E-state index contributed by atoms with van der Waals surface area (Å²) in [6, 6.07) is 4.78. The number of amides is 1. The molecule has 0 aliphatic carbocycles. The van der Waals surface area contributed by atoms with Crippen LogP contribution in [-0.4, -0.2) is 30.1 Å². The lowest BCUT2D eigenvalue weighted by atomic mass is 9.87. The summed E-state index contributed by atoms with van der Waals surface area (Å²) in [7, 11) is 1.76. The maximum Gasteiger partial charge on any atom is 0.204 e. The first-order valence-electron chi connectivity index (χ1n) is 6.85. The predicted molar refractivity (Wildman–Crippen MR) is 92.7 cm³/mol. The van der Waals surface area contributed by atoms with Crippen molar-refractivity contribution in [2.45, 2.75) is 26.7 Å². The molecule has 1 aromatic carbocycles. The minimum absolute atomic E-state index is 0.221. The van der Waals surface area contributed by atoms with Gasteiger partial charge in [0.05, 0.1) is 11.4 Å². The SMILES string of the molecule is CC1(C)CCSCC1.CNc1cc(O)ccc1N.NC=O. The number of hydrogen-bond donors (Lipinski definition) is 4. The molecule has 0 spiro atoms. The highest BCUT2D eigenvalue weighted by atomic mass is 32.2. The highest BCUT2D eigenvalue weighted by Gasteiger charge is 2.20. The number of phenolic OH excluding ortho intramolecular Hbond substituents is 1. The van der Waals surface area contributed by atoms with Crippen LogP contribution in [0.4, 0.5) is 11.4 Å². The molecule has 6 N–H and O–H groups in total. The van der Waals surface area contributed by atoms with Gasteiger partial charge in [-0.2, -0.15) is 11.8 Å². The maximum absolute atomic E-state index is 8.97. The molecule has 0 bridgehead atoms. The van der Waals surface area contributed by atoms with Crippen LogP contribution in [0.5, 0.6) is 5.75 Å². The third kappa shape index (κ3) is 9.07. The molecule has 21 heavy (non-hydrogen) atoms. The number of primary amides is 1. The molecule has 1 aliphatic rings. The molecular formula is C15H27N3O2S. The lowest BCUT2D eigenvalue weighted by Crippen LogP contribution is -2.17. The number of benzene rings is 1. The van der Waals surface area contributed by atoms with E-state index in [1.807, 2.05) is 0 Å². The van der Waals surface area contributed by atoms with Crippen LogP contribution >= 0.6 is 11.8 Å². The predicted octanol–water partition coefficient (Wildman–Crippen LogP) is 2.66. The molecule has 2 rings (SSSR count). The van der Waals surface area contributed by atoms with Crippen LogP contribution in [-0.2, 0) is 4.79 Å². The summed E-state index contributed by atoms with van der Waals surface area (Å²) >= 11 is 2.10. The van der Waals surface area contributed by atoms with E-state index in [2.05, 4.69) is 36.7 Å². The van der Waals surface area contributed by atoms with Crippen LogP contribution in [0.25, 0.3) is 0 Å². The van der Waals surface area contributed by atoms with Crippen molar-refractivity contribution in [2.75, 3.05) is 29.6 Å². The van der Waals surface area contributed by atoms with Crippen LogP contribution in [0, 0.1) is 5.41 Å². The summed E-state index contributed by atoms with van der Waals surface area (Å²) in [4.78, 5) is 8.58. The van der Waals surface area contributed by atoms with Gasteiger partial charge >= 0.3 is 0 Å². The molecule has 1 fully saturated rings. The molecule has 6 heteroatoms. The third-order valence-corrected chi connectivity index (χ3v) is 4.14. The Morgan fingerprint density at radius 1 is 1.33 bits per heavy atom. The van der Waals surface area contributed by atoms with E-state index in [1.165, 1.54) is 24.3 Å². The van der Waals surface area contributed by atoms with Gasteiger partial charge in [0.2, 0.25) is 6.41 Å². The first-order valence-corrected chi connectivity index (χ1v) is 8.01. The van der Waals surface area contributed by atoms with E-state index in [4.69, 9.17) is 15.6 Å². The quantitative estimate of drug-likeness (QED) is 0.363.